The number of hydrogen-bond donors (Lipinski definition) is 1. The normalized spacial score (nSPS) is 24.2. The lowest BCUT2D eigenvalue weighted by atomic mass is 9.94. The lowest BCUT2D eigenvalue weighted by Gasteiger charge is -2.35. The van der Waals surface area contributed by atoms with E-state index in [0.717, 1.165) is 26.2 Å². The Kier molecular flexibility index (Phi) is 6.97. The van der Waals surface area contributed by atoms with Crippen molar-refractivity contribution in [3.63, 3.8) is 0 Å². The largest absolute Gasteiger partial charge is 0.339 e. The molecule has 2 aliphatic rings. The molecule has 1 unspecified atom stereocenters. The summed E-state index contributed by atoms with van der Waals surface area (Å²) in [7, 11) is 2.10. The fourth-order valence-electron chi connectivity index (χ4n) is 3.94. The molecule has 1 saturated carbocycles. The molecular weight excluding hydrogens is 262 g/mol. The predicted molar refractivity (Wildman–Crippen MR) is 87.4 cm³/mol. The Labute approximate surface area is 130 Å². The first-order valence-corrected chi connectivity index (χ1v) is 8.89. The first-order chi connectivity index (χ1) is 10.2. The summed E-state index contributed by atoms with van der Waals surface area (Å²) in [6, 6.07) is 0.501. The van der Waals surface area contributed by atoms with Gasteiger partial charge in [0.2, 0.25) is 5.91 Å². The molecule has 2 rings (SSSR count). The third-order valence-corrected chi connectivity index (χ3v) is 5.05. The van der Waals surface area contributed by atoms with Crippen LogP contribution in [0.2, 0.25) is 0 Å². The average Bonchev–Trinajstić information content (AvgIpc) is 2.50. The number of hydrogen-bond acceptors (Lipinski definition) is 3. The zero-order valence-corrected chi connectivity index (χ0v) is 13.9. The quantitative estimate of drug-likeness (QED) is 0.815. The standard InChI is InChI=1S/C17H33N3O/c1-3-20(16-9-5-4-6-10-16)17(21)14-19(2)13-15-8-7-11-18-12-15/h15-16,18H,3-14H2,1-2H3. The van der Waals surface area contributed by atoms with Gasteiger partial charge in [-0.25, -0.2) is 0 Å². The van der Waals surface area contributed by atoms with Gasteiger partial charge >= 0.3 is 0 Å². The summed E-state index contributed by atoms with van der Waals surface area (Å²) in [5, 5.41) is 3.46. The van der Waals surface area contributed by atoms with E-state index >= 15 is 0 Å². The van der Waals surface area contributed by atoms with E-state index in [2.05, 4.69) is 29.1 Å². The minimum Gasteiger partial charge on any atom is -0.339 e. The first-order valence-electron chi connectivity index (χ1n) is 8.89. The van der Waals surface area contributed by atoms with E-state index in [4.69, 9.17) is 0 Å². The molecule has 4 nitrogen and oxygen atoms in total. The minimum atomic E-state index is 0.329. The van der Waals surface area contributed by atoms with Crippen LogP contribution in [0.3, 0.4) is 0 Å². The summed E-state index contributed by atoms with van der Waals surface area (Å²) in [6.45, 7) is 6.88. The molecule has 1 aliphatic carbocycles. The van der Waals surface area contributed by atoms with Gasteiger partial charge in [-0.1, -0.05) is 19.3 Å². The van der Waals surface area contributed by atoms with E-state index < -0.39 is 0 Å². The second kappa shape index (κ2) is 8.74. The van der Waals surface area contributed by atoms with Gasteiger partial charge in [0.1, 0.15) is 0 Å². The van der Waals surface area contributed by atoms with Crippen LogP contribution in [0.4, 0.5) is 0 Å². The maximum atomic E-state index is 12.6. The number of carbonyl (C=O) groups is 1. The molecule has 122 valence electrons. The number of nitrogens with one attached hydrogen (secondary N) is 1. The molecule has 1 saturated heterocycles. The Morgan fingerprint density at radius 2 is 1.90 bits per heavy atom. The molecule has 0 spiro atoms. The summed E-state index contributed by atoms with van der Waals surface area (Å²) in [5.41, 5.74) is 0. The molecule has 2 fully saturated rings. The Balaban J connectivity index is 1.77. The van der Waals surface area contributed by atoms with E-state index in [-0.39, 0.29) is 0 Å². The van der Waals surface area contributed by atoms with Crippen molar-refractivity contribution in [2.45, 2.75) is 57.9 Å². The molecule has 21 heavy (non-hydrogen) atoms. The van der Waals surface area contributed by atoms with Crippen LogP contribution in [-0.2, 0) is 4.79 Å². The van der Waals surface area contributed by atoms with Crippen molar-refractivity contribution in [3.8, 4) is 0 Å². The molecule has 1 atom stereocenters. The summed E-state index contributed by atoms with van der Waals surface area (Å²) in [5.74, 6) is 1.04. The third kappa shape index (κ3) is 5.26. The van der Waals surface area contributed by atoms with Gasteiger partial charge < -0.3 is 10.2 Å². The number of nitrogens with zero attached hydrogens (tertiary/aromatic N) is 2. The van der Waals surface area contributed by atoms with Crippen LogP contribution in [0.15, 0.2) is 0 Å². The van der Waals surface area contributed by atoms with Crippen molar-refractivity contribution in [1.82, 2.24) is 15.1 Å². The second-order valence-electron chi connectivity index (χ2n) is 6.88. The van der Waals surface area contributed by atoms with Crippen molar-refractivity contribution in [2.24, 2.45) is 5.92 Å². The Hall–Kier alpha value is -0.610. The number of rotatable bonds is 6. The molecule has 0 aromatic heterocycles. The third-order valence-electron chi connectivity index (χ3n) is 5.05. The Morgan fingerprint density at radius 3 is 2.52 bits per heavy atom. The van der Waals surface area contributed by atoms with Crippen molar-refractivity contribution >= 4 is 5.91 Å². The Bertz CT molecular complexity index is 309. The highest BCUT2D eigenvalue weighted by molar-refractivity contribution is 5.78. The van der Waals surface area contributed by atoms with Gasteiger partial charge in [0.05, 0.1) is 6.54 Å². The van der Waals surface area contributed by atoms with Gasteiger partial charge in [-0.3, -0.25) is 9.69 Å². The monoisotopic (exact) mass is 295 g/mol. The lowest BCUT2D eigenvalue weighted by Crippen LogP contribution is -2.47. The van der Waals surface area contributed by atoms with E-state index in [0.29, 0.717) is 24.4 Å². The van der Waals surface area contributed by atoms with Crippen LogP contribution >= 0.6 is 0 Å². The van der Waals surface area contributed by atoms with Gasteiger partial charge in [-0.15, -0.1) is 0 Å². The summed E-state index contributed by atoms with van der Waals surface area (Å²) < 4.78 is 0. The molecule has 1 amide bonds. The Morgan fingerprint density at radius 1 is 1.14 bits per heavy atom. The lowest BCUT2D eigenvalue weighted by molar-refractivity contribution is -0.135. The highest BCUT2D eigenvalue weighted by atomic mass is 16.2. The van der Waals surface area contributed by atoms with Gasteiger partial charge in [-0.05, 0) is 58.7 Å². The highest BCUT2D eigenvalue weighted by Gasteiger charge is 2.25. The van der Waals surface area contributed by atoms with Crippen LogP contribution in [0.25, 0.3) is 0 Å². The SMILES string of the molecule is CCN(C(=O)CN(C)CC1CCCNC1)C1CCCCC1. The fraction of sp³-hybridized carbons (Fsp3) is 0.941. The van der Waals surface area contributed by atoms with Gasteiger partial charge in [0.15, 0.2) is 0 Å². The molecule has 1 heterocycles. The number of amides is 1. The van der Waals surface area contributed by atoms with Gasteiger partial charge in [0, 0.05) is 19.1 Å². The van der Waals surface area contributed by atoms with Crippen molar-refractivity contribution < 1.29 is 4.79 Å². The smallest absolute Gasteiger partial charge is 0.236 e. The van der Waals surface area contributed by atoms with Crippen LogP contribution in [0, 0.1) is 5.92 Å². The zero-order valence-electron chi connectivity index (χ0n) is 13.9. The fourth-order valence-corrected chi connectivity index (χ4v) is 3.94. The zero-order chi connectivity index (χ0) is 15.1. The average molecular weight is 295 g/mol. The van der Waals surface area contributed by atoms with Crippen LogP contribution in [0.1, 0.15) is 51.9 Å². The maximum Gasteiger partial charge on any atom is 0.236 e. The van der Waals surface area contributed by atoms with E-state index in [9.17, 15) is 4.79 Å². The predicted octanol–water partition coefficient (Wildman–Crippen LogP) is 2.10. The molecule has 0 aromatic carbocycles. The first kappa shape index (κ1) is 16.8. The van der Waals surface area contributed by atoms with Crippen LogP contribution in [0.5, 0.6) is 0 Å². The highest BCUT2D eigenvalue weighted by Crippen LogP contribution is 2.22. The molecule has 0 aromatic rings. The summed E-state index contributed by atoms with van der Waals surface area (Å²) >= 11 is 0. The number of piperidine rings is 1. The number of likely N-dealkylation sites (N-methyl/N-ethyl adjacent to an activating group) is 2. The molecule has 4 heteroatoms. The second-order valence-corrected chi connectivity index (χ2v) is 6.88. The van der Waals surface area contributed by atoms with Crippen molar-refractivity contribution in [2.75, 3.05) is 39.8 Å². The summed E-state index contributed by atoms with van der Waals surface area (Å²) in [4.78, 5) is 17.0. The molecule has 1 aliphatic heterocycles. The molecule has 1 N–H and O–H groups in total. The molecule has 0 bridgehead atoms. The summed E-state index contributed by atoms with van der Waals surface area (Å²) in [6.07, 6.45) is 8.90. The van der Waals surface area contributed by atoms with E-state index in [1.54, 1.807) is 0 Å². The van der Waals surface area contributed by atoms with E-state index in [1.807, 2.05) is 0 Å². The molecular formula is C17H33N3O. The van der Waals surface area contributed by atoms with Gasteiger partial charge in [-0.2, -0.15) is 0 Å². The van der Waals surface area contributed by atoms with Crippen molar-refractivity contribution in [1.29, 1.82) is 0 Å². The maximum absolute atomic E-state index is 12.6. The van der Waals surface area contributed by atoms with Crippen molar-refractivity contribution in [3.05, 3.63) is 0 Å². The van der Waals surface area contributed by atoms with Crippen LogP contribution < -0.4 is 5.32 Å². The minimum absolute atomic E-state index is 0.329. The molecule has 0 radical (unpaired) electrons. The van der Waals surface area contributed by atoms with Gasteiger partial charge in [0.25, 0.3) is 0 Å². The van der Waals surface area contributed by atoms with Crippen LogP contribution in [-0.4, -0.2) is 61.5 Å². The topological polar surface area (TPSA) is 35.6 Å². The van der Waals surface area contributed by atoms with E-state index in [1.165, 1.54) is 44.9 Å². The number of carbonyl (C=O) groups excluding carboxylic acids is 1.